The summed E-state index contributed by atoms with van der Waals surface area (Å²) in [5, 5.41) is 0. The van der Waals surface area contributed by atoms with Gasteiger partial charge in [0, 0.05) is 6.42 Å². The topological polar surface area (TPSA) is 0 Å². The summed E-state index contributed by atoms with van der Waals surface area (Å²) in [6.45, 7) is 0. The van der Waals surface area contributed by atoms with Crippen molar-refractivity contribution < 1.29 is 0 Å². The van der Waals surface area contributed by atoms with E-state index in [4.69, 9.17) is 0 Å². The monoisotopic (exact) mass is 262 g/mol. The lowest BCUT2D eigenvalue weighted by Crippen LogP contribution is -2.03. The fourth-order valence-corrected chi connectivity index (χ4v) is 4.28. The van der Waals surface area contributed by atoms with Crippen LogP contribution in [0.25, 0.3) is 0 Å². The molecule has 1 aromatic rings. The zero-order valence-electron chi connectivity index (χ0n) is 10.0. The molecule has 1 aliphatic rings. The Balaban J connectivity index is 1.64. The van der Waals surface area contributed by atoms with Crippen molar-refractivity contribution in [3.63, 3.8) is 0 Å². The van der Waals surface area contributed by atoms with Crippen LogP contribution in [0.15, 0.2) is 30.3 Å². The predicted molar refractivity (Wildman–Crippen MR) is 80.5 cm³/mol. The zero-order valence-corrected chi connectivity index (χ0v) is 11.7. The van der Waals surface area contributed by atoms with Gasteiger partial charge in [-0.2, -0.15) is 0 Å². The second-order valence-electron chi connectivity index (χ2n) is 4.09. The molecule has 0 aliphatic carbocycles. The summed E-state index contributed by atoms with van der Waals surface area (Å²) in [5.74, 6) is 9.29. The van der Waals surface area contributed by atoms with Crippen LogP contribution in [0.2, 0.25) is 0 Å². The SMILES string of the molecule is C(#CC1SCCCS1)CCCc1ccccc1. The van der Waals surface area contributed by atoms with E-state index in [0.717, 1.165) is 12.8 Å². The molecule has 90 valence electrons. The first-order chi connectivity index (χ1) is 8.45. The molecule has 0 bridgehead atoms. The summed E-state index contributed by atoms with van der Waals surface area (Å²) in [6.07, 6.45) is 4.72. The lowest BCUT2D eigenvalue weighted by molar-refractivity contribution is 0.857. The molecule has 1 heterocycles. The Kier molecular flexibility index (Phi) is 5.88. The maximum Gasteiger partial charge on any atom is 0.111 e. The third kappa shape index (κ3) is 5.10. The minimum Gasteiger partial charge on any atom is -0.135 e. The molecule has 0 nitrogen and oxygen atoms in total. The van der Waals surface area contributed by atoms with Crippen LogP contribution in [0.3, 0.4) is 0 Å². The lowest BCUT2D eigenvalue weighted by Gasteiger charge is -2.14. The van der Waals surface area contributed by atoms with Crippen LogP contribution in [-0.4, -0.2) is 16.1 Å². The molecule has 0 unspecified atom stereocenters. The summed E-state index contributed by atoms with van der Waals surface area (Å²) in [5.41, 5.74) is 1.43. The third-order valence-corrected chi connectivity index (χ3v) is 5.36. The average Bonchev–Trinajstić information content (AvgIpc) is 2.41. The lowest BCUT2D eigenvalue weighted by atomic mass is 10.1. The van der Waals surface area contributed by atoms with Crippen molar-refractivity contribution in [2.45, 2.75) is 30.3 Å². The van der Waals surface area contributed by atoms with Crippen molar-refractivity contribution in [2.24, 2.45) is 0 Å². The first kappa shape index (κ1) is 12.9. The molecule has 0 saturated carbocycles. The van der Waals surface area contributed by atoms with E-state index in [2.05, 4.69) is 42.2 Å². The first-order valence-electron chi connectivity index (χ1n) is 6.21. The van der Waals surface area contributed by atoms with Crippen molar-refractivity contribution in [1.82, 2.24) is 0 Å². The number of rotatable bonds is 3. The fourth-order valence-electron chi connectivity index (χ4n) is 1.75. The quantitative estimate of drug-likeness (QED) is 0.591. The van der Waals surface area contributed by atoms with Gasteiger partial charge in [-0.05, 0) is 36.3 Å². The summed E-state index contributed by atoms with van der Waals surface area (Å²) in [6, 6.07) is 10.7. The van der Waals surface area contributed by atoms with Gasteiger partial charge in [-0.3, -0.25) is 0 Å². The predicted octanol–water partition coefficient (Wildman–Crippen LogP) is 4.21. The molecule has 0 spiro atoms. The molecule has 0 radical (unpaired) electrons. The van der Waals surface area contributed by atoms with Gasteiger partial charge in [0.15, 0.2) is 0 Å². The Morgan fingerprint density at radius 2 is 1.88 bits per heavy atom. The summed E-state index contributed by atoms with van der Waals surface area (Å²) in [7, 11) is 0. The minimum absolute atomic E-state index is 0.542. The van der Waals surface area contributed by atoms with Crippen LogP contribution < -0.4 is 0 Å². The fraction of sp³-hybridized carbons (Fsp3) is 0.467. The van der Waals surface area contributed by atoms with Gasteiger partial charge in [-0.15, -0.1) is 29.4 Å². The van der Waals surface area contributed by atoms with Gasteiger partial charge in [-0.1, -0.05) is 36.3 Å². The van der Waals surface area contributed by atoms with Gasteiger partial charge in [-0.25, -0.2) is 0 Å². The first-order valence-corrected chi connectivity index (χ1v) is 8.30. The Morgan fingerprint density at radius 3 is 2.65 bits per heavy atom. The van der Waals surface area contributed by atoms with Crippen molar-refractivity contribution >= 4 is 23.5 Å². The maximum absolute atomic E-state index is 3.38. The largest absolute Gasteiger partial charge is 0.135 e. The van der Waals surface area contributed by atoms with Crippen molar-refractivity contribution in [3.8, 4) is 11.8 Å². The number of hydrogen-bond acceptors (Lipinski definition) is 2. The molecule has 0 aromatic heterocycles. The van der Waals surface area contributed by atoms with Gasteiger partial charge in [0.25, 0.3) is 0 Å². The van der Waals surface area contributed by atoms with E-state index in [0.29, 0.717) is 4.58 Å². The molecular weight excluding hydrogens is 244 g/mol. The standard InChI is InChI=1S/C15H18S2/c1-3-8-14(9-4-1)10-5-2-6-11-15-16-12-7-13-17-15/h1,3-4,8-9,15H,2,5,7,10,12-13H2. The van der Waals surface area contributed by atoms with E-state index in [9.17, 15) is 0 Å². The number of thioether (sulfide) groups is 2. The van der Waals surface area contributed by atoms with E-state index in [-0.39, 0.29) is 0 Å². The van der Waals surface area contributed by atoms with Crippen LogP contribution in [0, 0.1) is 11.8 Å². The van der Waals surface area contributed by atoms with Gasteiger partial charge < -0.3 is 0 Å². The molecule has 1 saturated heterocycles. The Hall–Kier alpha value is -0.520. The highest BCUT2D eigenvalue weighted by Crippen LogP contribution is 2.29. The maximum atomic E-state index is 3.38. The Morgan fingerprint density at radius 1 is 1.12 bits per heavy atom. The highest BCUT2D eigenvalue weighted by Gasteiger charge is 2.10. The molecule has 0 atom stereocenters. The molecule has 2 rings (SSSR count). The highest BCUT2D eigenvalue weighted by atomic mass is 32.2. The van der Waals surface area contributed by atoms with Crippen LogP contribution in [0.1, 0.15) is 24.8 Å². The number of hydrogen-bond donors (Lipinski definition) is 0. The molecule has 0 N–H and O–H groups in total. The van der Waals surface area contributed by atoms with E-state index in [1.807, 2.05) is 23.5 Å². The number of aryl methyl sites for hydroxylation is 1. The van der Waals surface area contributed by atoms with E-state index < -0.39 is 0 Å². The molecule has 1 aromatic carbocycles. The highest BCUT2D eigenvalue weighted by molar-refractivity contribution is 8.17. The third-order valence-electron chi connectivity index (χ3n) is 2.66. The van der Waals surface area contributed by atoms with E-state index >= 15 is 0 Å². The zero-order chi connectivity index (χ0) is 11.8. The second kappa shape index (κ2) is 7.74. The van der Waals surface area contributed by atoms with E-state index in [1.165, 1.54) is 29.9 Å². The summed E-state index contributed by atoms with van der Waals surface area (Å²) in [4.78, 5) is 0. The van der Waals surface area contributed by atoms with Gasteiger partial charge in [0.2, 0.25) is 0 Å². The minimum atomic E-state index is 0.542. The smallest absolute Gasteiger partial charge is 0.111 e. The molecule has 1 fully saturated rings. The van der Waals surface area contributed by atoms with Gasteiger partial charge >= 0.3 is 0 Å². The van der Waals surface area contributed by atoms with Crippen LogP contribution >= 0.6 is 23.5 Å². The summed E-state index contributed by atoms with van der Waals surface area (Å²) < 4.78 is 0.542. The molecule has 17 heavy (non-hydrogen) atoms. The second-order valence-corrected chi connectivity index (χ2v) is 6.81. The van der Waals surface area contributed by atoms with Crippen molar-refractivity contribution in [3.05, 3.63) is 35.9 Å². The van der Waals surface area contributed by atoms with Gasteiger partial charge in [0.1, 0.15) is 4.58 Å². The summed E-state index contributed by atoms with van der Waals surface area (Å²) >= 11 is 4.01. The van der Waals surface area contributed by atoms with Gasteiger partial charge in [0.05, 0.1) is 0 Å². The van der Waals surface area contributed by atoms with Crippen molar-refractivity contribution in [2.75, 3.05) is 11.5 Å². The van der Waals surface area contributed by atoms with Crippen LogP contribution in [0.5, 0.6) is 0 Å². The molecular formula is C15H18S2. The van der Waals surface area contributed by atoms with Crippen molar-refractivity contribution in [1.29, 1.82) is 0 Å². The normalized spacial score (nSPS) is 16.2. The Bertz CT molecular complexity index is 369. The molecule has 1 aliphatic heterocycles. The van der Waals surface area contributed by atoms with Crippen LogP contribution in [0.4, 0.5) is 0 Å². The number of benzene rings is 1. The van der Waals surface area contributed by atoms with E-state index in [1.54, 1.807) is 0 Å². The Labute approximate surface area is 113 Å². The molecule has 0 amide bonds. The number of unbranched alkanes of at least 4 members (excludes halogenated alkanes) is 1. The van der Waals surface area contributed by atoms with Crippen LogP contribution in [-0.2, 0) is 6.42 Å². The molecule has 2 heteroatoms. The average molecular weight is 262 g/mol.